The maximum atomic E-state index is 13.0. The molecule has 11 heteroatoms. The average molecular weight is 563 g/mol. The quantitative estimate of drug-likeness (QED) is 0.106. The lowest BCUT2D eigenvalue weighted by Gasteiger charge is -2.19. The molecular formula is C31H30N8O3. The predicted molar refractivity (Wildman–Crippen MR) is 162 cm³/mol. The molecule has 0 bridgehead atoms. The number of amides is 2. The van der Waals surface area contributed by atoms with Crippen molar-refractivity contribution >= 4 is 34.5 Å². The minimum Gasteiger partial charge on any atom is -0.457 e. The van der Waals surface area contributed by atoms with E-state index in [1.54, 1.807) is 47.3 Å². The van der Waals surface area contributed by atoms with Gasteiger partial charge in [0.15, 0.2) is 5.96 Å². The Labute approximate surface area is 242 Å². The van der Waals surface area contributed by atoms with Gasteiger partial charge in [-0.15, -0.1) is 0 Å². The Kier molecular flexibility index (Phi) is 8.38. The number of nitrogens with one attached hydrogen (secondary N) is 1. The van der Waals surface area contributed by atoms with Crippen LogP contribution in [0.5, 0.6) is 11.5 Å². The number of aliphatic imine (C=N–C) groups is 1. The van der Waals surface area contributed by atoms with E-state index in [1.807, 2.05) is 54.6 Å². The van der Waals surface area contributed by atoms with E-state index in [9.17, 15) is 9.59 Å². The summed E-state index contributed by atoms with van der Waals surface area (Å²) in [6, 6.07) is 24.6. The van der Waals surface area contributed by atoms with Crippen LogP contribution in [0.4, 0.5) is 5.69 Å². The van der Waals surface area contributed by atoms with Crippen LogP contribution in [0.25, 0.3) is 22.4 Å². The number of aromatic nitrogens is 3. The Balaban J connectivity index is 1.56. The standard InChI is InChI=1S/C31H30N8O3/c32-28(40)27(10-5-15-36-31(33)34)39-26-12-11-21(30(41)37-22-13-16-35-17-14-22)19-25(26)38-29(39)20-6-4-9-24(18-20)42-23-7-2-1-3-8-23/h1-4,6-9,11-14,16-19,27H,5,10,15H2,(H2,32,40)(H4,33,34,36)(H,35,37,41)/t27-/m0/s1. The molecule has 0 spiro atoms. The third-order valence-electron chi connectivity index (χ3n) is 6.53. The third kappa shape index (κ3) is 6.53. The van der Waals surface area contributed by atoms with Gasteiger partial charge in [0, 0.05) is 35.8 Å². The zero-order valence-corrected chi connectivity index (χ0v) is 22.7. The molecule has 3 aromatic carbocycles. The molecule has 1 atom stereocenters. The molecule has 2 heterocycles. The predicted octanol–water partition coefficient (Wildman–Crippen LogP) is 4.22. The van der Waals surface area contributed by atoms with Gasteiger partial charge in [-0.3, -0.25) is 19.6 Å². The maximum Gasteiger partial charge on any atom is 0.255 e. The number of benzene rings is 3. The van der Waals surface area contributed by atoms with Crippen LogP contribution in [-0.2, 0) is 4.79 Å². The molecule has 0 fully saturated rings. The summed E-state index contributed by atoms with van der Waals surface area (Å²) in [5, 5.41) is 2.85. The highest BCUT2D eigenvalue weighted by Gasteiger charge is 2.25. The molecule has 2 aromatic heterocycles. The van der Waals surface area contributed by atoms with E-state index in [0.717, 1.165) is 0 Å². The molecule has 0 aliphatic heterocycles. The van der Waals surface area contributed by atoms with Crippen molar-refractivity contribution in [1.29, 1.82) is 0 Å². The molecule has 212 valence electrons. The van der Waals surface area contributed by atoms with Gasteiger partial charge in [0.05, 0.1) is 11.0 Å². The lowest BCUT2D eigenvalue weighted by atomic mass is 10.1. The first-order valence-corrected chi connectivity index (χ1v) is 13.3. The van der Waals surface area contributed by atoms with Gasteiger partial charge in [0.2, 0.25) is 5.91 Å². The van der Waals surface area contributed by atoms with Gasteiger partial charge in [-0.1, -0.05) is 30.3 Å². The van der Waals surface area contributed by atoms with E-state index in [4.69, 9.17) is 26.9 Å². The second-order valence-corrected chi connectivity index (χ2v) is 9.51. The van der Waals surface area contributed by atoms with Crippen molar-refractivity contribution in [2.45, 2.75) is 18.9 Å². The van der Waals surface area contributed by atoms with Crippen LogP contribution in [-0.4, -0.2) is 38.9 Å². The molecular weight excluding hydrogens is 532 g/mol. The molecule has 0 saturated heterocycles. The highest BCUT2D eigenvalue weighted by Crippen LogP contribution is 2.33. The van der Waals surface area contributed by atoms with E-state index >= 15 is 0 Å². The number of carbonyl (C=O) groups is 2. The normalized spacial score (nSPS) is 11.5. The number of hydrogen-bond donors (Lipinski definition) is 4. The molecule has 5 aromatic rings. The fourth-order valence-electron chi connectivity index (χ4n) is 4.61. The van der Waals surface area contributed by atoms with Gasteiger partial charge in [-0.2, -0.15) is 0 Å². The number of rotatable bonds is 11. The van der Waals surface area contributed by atoms with Crippen LogP contribution >= 0.6 is 0 Å². The van der Waals surface area contributed by atoms with Gasteiger partial charge in [-0.25, -0.2) is 4.98 Å². The summed E-state index contributed by atoms with van der Waals surface area (Å²) in [5.41, 5.74) is 19.8. The molecule has 0 aliphatic rings. The fraction of sp³-hybridized carbons (Fsp3) is 0.129. The summed E-state index contributed by atoms with van der Waals surface area (Å²) in [5.74, 6) is 0.923. The first-order chi connectivity index (χ1) is 20.4. The smallest absolute Gasteiger partial charge is 0.255 e. The van der Waals surface area contributed by atoms with Gasteiger partial charge < -0.3 is 31.8 Å². The van der Waals surface area contributed by atoms with Crippen molar-refractivity contribution in [2.75, 3.05) is 11.9 Å². The van der Waals surface area contributed by atoms with Gasteiger partial charge in [0.25, 0.3) is 5.91 Å². The van der Waals surface area contributed by atoms with Gasteiger partial charge in [-0.05, 0) is 67.4 Å². The summed E-state index contributed by atoms with van der Waals surface area (Å²) in [7, 11) is 0. The zero-order valence-electron chi connectivity index (χ0n) is 22.7. The van der Waals surface area contributed by atoms with E-state index in [-0.39, 0.29) is 11.9 Å². The average Bonchev–Trinajstić information content (AvgIpc) is 3.36. The maximum absolute atomic E-state index is 13.0. The van der Waals surface area contributed by atoms with E-state index in [2.05, 4.69) is 15.3 Å². The fourth-order valence-corrected chi connectivity index (χ4v) is 4.61. The third-order valence-corrected chi connectivity index (χ3v) is 6.53. The number of ether oxygens (including phenoxy) is 1. The molecule has 2 amide bonds. The van der Waals surface area contributed by atoms with E-state index in [1.165, 1.54) is 0 Å². The number of nitrogens with two attached hydrogens (primary N) is 3. The Hall–Kier alpha value is -5.71. The van der Waals surface area contributed by atoms with E-state index in [0.29, 0.717) is 64.6 Å². The van der Waals surface area contributed by atoms with Gasteiger partial charge in [0.1, 0.15) is 23.4 Å². The number of imidazole rings is 1. The molecule has 7 N–H and O–H groups in total. The molecule has 11 nitrogen and oxygen atoms in total. The van der Waals surface area contributed by atoms with Crippen LogP contribution < -0.4 is 27.3 Å². The van der Waals surface area contributed by atoms with Crippen molar-refractivity contribution in [2.24, 2.45) is 22.2 Å². The number of pyridine rings is 1. The highest BCUT2D eigenvalue weighted by atomic mass is 16.5. The minimum atomic E-state index is -0.755. The van der Waals surface area contributed by atoms with Crippen LogP contribution in [0.1, 0.15) is 29.2 Å². The monoisotopic (exact) mass is 562 g/mol. The summed E-state index contributed by atoms with van der Waals surface area (Å²) < 4.78 is 7.85. The topological polar surface area (TPSA) is 177 Å². The van der Waals surface area contributed by atoms with Crippen LogP contribution in [0.3, 0.4) is 0 Å². The Morgan fingerprint density at radius 2 is 1.67 bits per heavy atom. The summed E-state index contributed by atoms with van der Waals surface area (Å²) >= 11 is 0. The second kappa shape index (κ2) is 12.6. The highest BCUT2D eigenvalue weighted by molar-refractivity contribution is 6.06. The number of fused-ring (bicyclic) bond motifs is 1. The number of primary amides is 1. The summed E-state index contributed by atoms with van der Waals surface area (Å²) in [4.78, 5) is 38.7. The molecule has 5 rings (SSSR count). The van der Waals surface area contributed by atoms with Crippen molar-refractivity contribution in [3.05, 3.63) is 103 Å². The SMILES string of the molecule is NC(=O)[C@H](CCCN=C(N)N)n1c(-c2cccc(Oc3ccccc3)c2)nc2cc(C(=O)Nc3ccncc3)ccc21. The summed E-state index contributed by atoms with van der Waals surface area (Å²) in [6.07, 6.45) is 4.07. The number of nitrogens with zero attached hydrogens (tertiary/aromatic N) is 4. The first-order valence-electron chi connectivity index (χ1n) is 13.3. The molecule has 0 saturated carbocycles. The minimum absolute atomic E-state index is 0.0211. The zero-order chi connectivity index (χ0) is 29.5. The van der Waals surface area contributed by atoms with Crippen LogP contribution in [0, 0.1) is 0 Å². The Morgan fingerprint density at radius 1 is 0.905 bits per heavy atom. The van der Waals surface area contributed by atoms with Gasteiger partial charge >= 0.3 is 0 Å². The Bertz CT molecular complexity index is 1730. The van der Waals surface area contributed by atoms with Crippen LogP contribution in [0.2, 0.25) is 0 Å². The number of para-hydroxylation sites is 1. The lowest BCUT2D eigenvalue weighted by molar-refractivity contribution is -0.121. The van der Waals surface area contributed by atoms with Crippen LogP contribution in [0.15, 0.2) is 102 Å². The van der Waals surface area contributed by atoms with E-state index < -0.39 is 11.9 Å². The van der Waals surface area contributed by atoms with Crippen molar-refractivity contribution in [3.8, 4) is 22.9 Å². The molecule has 0 radical (unpaired) electrons. The Morgan fingerprint density at radius 3 is 2.40 bits per heavy atom. The molecule has 0 aliphatic carbocycles. The second-order valence-electron chi connectivity index (χ2n) is 9.51. The largest absolute Gasteiger partial charge is 0.457 e. The first kappa shape index (κ1) is 27.8. The number of anilines is 1. The van der Waals surface area contributed by atoms with Crippen molar-refractivity contribution in [1.82, 2.24) is 14.5 Å². The molecule has 42 heavy (non-hydrogen) atoms. The number of hydrogen-bond acceptors (Lipinski definition) is 6. The van der Waals surface area contributed by atoms with Crippen molar-refractivity contribution in [3.63, 3.8) is 0 Å². The van der Waals surface area contributed by atoms with Crippen molar-refractivity contribution < 1.29 is 14.3 Å². The number of carbonyl (C=O) groups excluding carboxylic acids is 2. The lowest BCUT2D eigenvalue weighted by Crippen LogP contribution is -2.27. The number of guanidine groups is 1. The molecule has 0 unspecified atom stereocenters. The summed E-state index contributed by atoms with van der Waals surface area (Å²) in [6.45, 7) is 0.341.